The summed E-state index contributed by atoms with van der Waals surface area (Å²) in [6, 6.07) is 9.83. The second kappa shape index (κ2) is 3.50. The van der Waals surface area contributed by atoms with Crippen LogP contribution in [-0.2, 0) is 0 Å². The number of anilines is 1. The summed E-state index contributed by atoms with van der Waals surface area (Å²) in [4.78, 5) is 0. The van der Waals surface area contributed by atoms with E-state index in [2.05, 4.69) is 15.9 Å². The van der Waals surface area contributed by atoms with Crippen molar-refractivity contribution in [3.63, 3.8) is 0 Å². The normalized spacial score (nSPS) is 10.4. The Balaban J connectivity index is 2.91. The molecule has 2 N–H and O–H groups in total. The van der Waals surface area contributed by atoms with E-state index in [0.29, 0.717) is 5.69 Å². The van der Waals surface area contributed by atoms with Gasteiger partial charge >= 0.3 is 0 Å². The molecular weight excluding hydrogens is 242 g/mol. The number of hydrogen-bond donors (Lipinski definition) is 1. The molecule has 2 aromatic carbocycles. The Morgan fingerprint density at radius 1 is 1.21 bits per heavy atom. The van der Waals surface area contributed by atoms with E-state index >= 15 is 0 Å². The van der Waals surface area contributed by atoms with Crippen molar-refractivity contribution >= 4 is 32.4 Å². The number of methoxy groups -OCH3 is 1. The highest BCUT2D eigenvalue weighted by atomic mass is 79.9. The molecule has 0 saturated heterocycles. The molecule has 0 heterocycles. The molecule has 2 aromatic rings. The minimum Gasteiger partial charge on any atom is -0.494 e. The van der Waals surface area contributed by atoms with E-state index in [1.807, 2.05) is 30.3 Å². The first-order valence-corrected chi connectivity index (χ1v) is 5.04. The van der Waals surface area contributed by atoms with E-state index in [-0.39, 0.29) is 0 Å². The number of fused-ring (bicyclic) bond motifs is 1. The predicted molar refractivity (Wildman–Crippen MR) is 62.6 cm³/mol. The second-order valence-electron chi connectivity index (χ2n) is 3.03. The van der Waals surface area contributed by atoms with Crippen LogP contribution in [-0.4, -0.2) is 7.11 Å². The van der Waals surface area contributed by atoms with Gasteiger partial charge in [-0.05, 0) is 17.5 Å². The van der Waals surface area contributed by atoms with E-state index < -0.39 is 0 Å². The average Bonchev–Trinajstić information content (AvgIpc) is 2.19. The SMILES string of the molecule is COc1c(N)ccc2cccc(Br)c12. The number of rotatable bonds is 1. The zero-order chi connectivity index (χ0) is 10.1. The van der Waals surface area contributed by atoms with E-state index in [0.717, 1.165) is 21.0 Å². The van der Waals surface area contributed by atoms with Crippen molar-refractivity contribution in [2.24, 2.45) is 0 Å². The molecule has 0 radical (unpaired) electrons. The molecule has 14 heavy (non-hydrogen) atoms. The highest BCUT2D eigenvalue weighted by Gasteiger charge is 2.07. The smallest absolute Gasteiger partial charge is 0.150 e. The van der Waals surface area contributed by atoms with Crippen LogP contribution in [0.3, 0.4) is 0 Å². The predicted octanol–water partition coefficient (Wildman–Crippen LogP) is 3.19. The molecule has 0 aliphatic carbocycles. The van der Waals surface area contributed by atoms with Gasteiger partial charge in [-0.25, -0.2) is 0 Å². The maximum Gasteiger partial charge on any atom is 0.150 e. The maximum atomic E-state index is 5.82. The molecule has 0 saturated carbocycles. The third-order valence-corrected chi connectivity index (χ3v) is 2.84. The number of benzene rings is 2. The van der Waals surface area contributed by atoms with Crippen molar-refractivity contribution in [2.75, 3.05) is 12.8 Å². The van der Waals surface area contributed by atoms with Crippen molar-refractivity contribution in [1.29, 1.82) is 0 Å². The standard InChI is InChI=1S/C11H10BrNO/c1-14-11-9(13)6-5-7-3-2-4-8(12)10(7)11/h2-6H,13H2,1H3. The Hall–Kier alpha value is -1.22. The largest absolute Gasteiger partial charge is 0.494 e. The molecule has 0 aliphatic rings. The minimum atomic E-state index is 0.659. The van der Waals surface area contributed by atoms with Gasteiger partial charge in [0.2, 0.25) is 0 Å². The summed E-state index contributed by atoms with van der Waals surface area (Å²) in [6.45, 7) is 0. The molecule has 2 rings (SSSR count). The van der Waals surface area contributed by atoms with Gasteiger partial charge in [0.25, 0.3) is 0 Å². The van der Waals surface area contributed by atoms with Crippen molar-refractivity contribution < 1.29 is 4.74 Å². The van der Waals surface area contributed by atoms with Crippen LogP contribution in [0.2, 0.25) is 0 Å². The first-order valence-electron chi connectivity index (χ1n) is 4.24. The highest BCUT2D eigenvalue weighted by molar-refractivity contribution is 9.10. The fourth-order valence-corrected chi connectivity index (χ4v) is 2.10. The van der Waals surface area contributed by atoms with Crippen LogP contribution in [0.25, 0.3) is 10.8 Å². The summed E-state index contributed by atoms with van der Waals surface area (Å²) in [7, 11) is 1.63. The van der Waals surface area contributed by atoms with Crippen molar-refractivity contribution in [3.8, 4) is 5.75 Å². The van der Waals surface area contributed by atoms with Crippen LogP contribution in [0.15, 0.2) is 34.8 Å². The molecular formula is C11H10BrNO. The summed E-state index contributed by atoms with van der Waals surface area (Å²) in [5.41, 5.74) is 6.48. The molecule has 3 heteroatoms. The summed E-state index contributed by atoms with van der Waals surface area (Å²) in [5, 5.41) is 2.14. The quantitative estimate of drug-likeness (QED) is 0.791. The van der Waals surface area contributed by atoms with Gasteiger partial charge in [0, 0.05) is 9.86 Å². The number of nitrogen functional groups attached to an aromatic ring is 1. The van der Waals surface area contributed by atoms with E-state index in [4.69, 9.17) is 10.5 Å². The molecule has 0 aliphatic heterocycles. The zero-order valence-electron chi connectivity index (χ0n) is 7.75. The summed E-state index contributed by atoms with van der Waals surface area (Å²) < 4.78 is 6.28. The lowest BCUT2D eigenvalue weighted by molar-refractivity contribution is 0.422. The van der Waals surface area contributed by atoms with Crippen LogP contribution in [0, 0.1) is 0 Å². The van der Waals surface area contributed by atoms with Crippen molar-refractivity contribution in [1.82, 2.24) is 0 Å². The van der Waals surface area contributed by atoms with Gasteiger partial charge in [-0.2, -0.15) is 0 Å². The monoisotopic (exact) mass is 251 g/mol. The Morgan fingerprint density at radius 3 is 2.71 bits per heavy atom. The van der Waals surface area contributed by atoms with Crippen molar-refractivity contribution in [2.45, 2.75) is 0 Å². The highest BCUT2D eigenvalue weighted by Crippen LogP contribution is 2.36. The van der Waals surface area contributed by atoms with Crippen LogP contribution in [0.5, 0.6) is 5.75 Å². The van der Waals surface area contributed by atoms with Gasteiger partial charge in [0.05, 0.1) is 12.8 Å². The lowest BCUT2D eigenvalue weighted by Crippen LogP contribution is -1.93. The fourth-order valence-electron chi connectivity index (χ4n) is 1.54. The number of nitrogens with two attached hydrogens (primary N) is 1. The lowest BCUT2D eigenvalue weighted by Gasteiger charge is -2.09. The van der Waals surface area contributed by atoms with Crippen LogP contribution >= 0.6 is 15.9 Å². The zero-order valence-corrected chi connectivity index (χ0v) is 9.34. The molecule has 0 amide bonds. The molecule has 0 bridgehead atoms. The molecule has 0 unspecified atom stereocenters. The third kappa shape index (κ3) is 1.34. The van der Waals surface area contributed by atoms with Crippen LogP contribution in [0.4, 0.5) is 5.69 Å². The van der Waals surface area contributed by atoms with Gasteiger partial charge < -0.3 is 10.5 Å². The van der Waals surface area contributed by atoms with E-state index in [1.54, 1.807) is 7.11 Å². The lowest BCUT2D eigenvalue weighted by atomic mass is 10.1. The van der Waals surface area contributed by atoms with Gasteiger partial charge in [-0.3, -0.25) is 0 Å². The Labute approximate surface area is 90.8 Å². The first kappa shape index (κ1) is 9.34. The summed E-state index contributed by atoms with van der Waals surface area (Å²) >= 11 is 3.49. The Kier molecular flexibility index (Phi) is 2.33. The number of halogens is 1. The summed E-state index contributed by atoms with van der Waals surface area (Å²) in [5.74, 6) is 0.731. The van der Waals surface area contributed by atoms with Gasteiger partial charge in [-0.15, -0.1) is 0 Å². The molecule has 72 valence electrons. The van der Waals surface area contributed by atoms with Crippen LogP contribution in [0.1, 0.15) is 0 Å². The first-order chi connectivity index (χ1) is 6.74. The van der Waals surface area contributed by atoms with Crippen molar-refractivity contribution in [3.05, 3.63) is 34.8 Å². The topological polar surface area (TPSA) is 35.2 Å². The molecule has 0 spiro atoms. The molecule has 0 atom stereocenters. The molecule has 0 aromatic heterocycles. The number of hydrogen-bond acceptors (Lipinski definition) is 2. The van der Waals surface area contributed by atoms with Gasteiger partial charge in [-0.1, -0.05) is 34.1 Å². The third-order valence-electron chi connectivity index (χ3n) is 2.18. The van der Waals surface area contributed by atoms with Gasteiger partial charge in [0.1, 0.15) is 0 Å². The van der Waals surface area contributed by atoms with Gasteiger partial charge in [0.15, 0.2) is 5.75 Å². The second-order valence-corrected chi connectivity index (χ2v) is 3.88. The van der Waals surface area contributed by atoms with E-state index in [1.165, 1.54) is 0 Å². The minimum absolute atomic E-state index is 0.659. The van der Waals surface area contributed by atoms with Crippen LogP contribution < -0.4 is 10.5 Å². The maximum absolute atomic E-state index is 5.82. The molecule has 0 fully saturated rings. The average molecular weight is 252 g/mol. The van der Waals surface area contributed by atoms with E-state index in [9.17, 15) is 0 Å². The Bertz CT molecular complexity index is 482. The fraction of sp³-hybridized carbons (Fsp3) is 0.0909. The number of ether oxygens (including phenoxy) is 1. The molecule has 2 nitrogen and oxygen atoms in total. The summed E-state index contributed by atoms with van der Waals surface area (Å²) in [6.07, 6.45) is 0. The Morgan fingerprint density at radius 2 is 2.00 bits per heavy atom.